The smallest absolute Gasteiger partial charge is 0.176 e. The average molecular weight is 128 g/mol. The summed E-state index contributed by atoms with van der Waals surface area (Å²) in [5, 5.41) is 10.6. The van der Waals surface area contributed by atoms with Crippen LogP contribution >= 0.6 is 0 Å². The molecule has 0 bridgehead atoms. The summed E-state index contributed by atoms with van der Waals surface area (Å²) in [6.07, 6.45) is 2.96. The van der Waals surface area contributed by atoms with Gasteiger partial charge in [0.15, 0.2) is 6.19 Å². The van der Waals surface area contributed by atoms with Crippen LogP contribution in [0.15, 0.2) is 0 Å². The first kappa shape index (κ1) is 8.25. The molecule has 1 N–H and O–H groups in total. The van der Waals surface area contributed by atoms with Gasteiger partial charge in [-0.1, -0.05) is 0 Å². The van der Waals surface area contributed by atoms with Gasteiger partial charge >= 0.3 is 0 Å². The maximum absolute atomic E-state index is 8.05. The maximum Gasteiger partial charge on any atom is 0.176 e. The monoisotopic (exact) mass is 128 g/mol. The topological polar surface area (TPSA) is 45.0 Å². The van der Waals surface area contributed by atoms with E-state index in [-0.39, 0.29) is 6.10 Å². The molecule has 0 heterocycles. The summed E-state index contributed by atoms with van der Waals surface area (Å²) in [5.74, 6) is 0. The molecular weight excluding hydrogens is 116 g/mol. The van der Waals surface area contributed by atoms with Crippen LogP contribution in [0, 0.1) is 11.5 Å². The molecule has 0 fully saturated rings. The number of rotatable bonds is 4. The van der Waals surface area contributed by atoms with Crippen molar-refractivity contribution < 1.29 is 4.74 Å². The van der Waals surface area contributed by atoms with Gasteiger partial charge < -0.3 is 10.1 Å². The number of nitriles is 1. The quantitative estimate of drug-likeness (QED) is 0.340. The third-order valence-electron chi connectivity index (χ3n) is 1.16. The predicted octanol–water partition coefficient (Wildman–Crippen LogP) is 0.482. The van der Waals surface area contributed by atoms with Gasteiger partial charge in [-0.15, -0.1) is 0 Å². The Balaban J connectivity index is 2.99. The zero-order chi connectivity index (χ0) is 7.11. The fourth-order valence-electron chi connectivity index (χ4n) is 0.449. The van der Waals surface area contributed by atoms with Gasteiger partial charge in [0.1, 0.15) is 0 Å². The molecule has 3 heteroatoms. The second kappa shape index (κ2) is 5.39. The molecule has 0 saturated heterocycles. The second-order valence-electron chi connectivity index (χ2n) is 1.87. The molecule has 0 aromatic heterocycles. The first-order valence-corrected chi connectivity index (χ1v) is 2.96. The summed E-state index contributed by atoms with van der Waals surface area (Å²) in [5.41, 5.74) is 0. The summed E-state index contributed by atoms with van der Waals surface area (Å²) in [4.78, 5) is 0. The van der Waals surface area contributed by atoms with Crippen LogP contribution in [-0.4, -0.2) is 19.8 Å². The highest BCUT2D eigenvalue weighted by molar-refractivity contribution is 4.65. The minimum atomic E-state index is 0.242. The van der Waals surface area contributed by atoms with E-state index in [0.717, 1.165) is 6.42 Å². The molecule has 0 aromatic rings. The Bertz CT molecular complexity index is 97.7. The van der Waals surface area contributed by atoms with Crippen LogP contribution in [0.25, 0.3) is 0 Å². The number of nitrogens with zero attached hydrogens (tertiary/aromatic N) is 1. The summed E-state index contributed by atoms with van der Waals surface area (Å²) < 4.78 is 4.95. The molecule has 0 aliphatic carbocycles. The zero-order valence-electron chi connectivity index (χ0n) is 5.85. The van der Waals surface area contributed by atoms with Crippen LogP contribution in [0.2, 0.25) is 0 Å². The highest BCUT2D eigenvalue weighted by Crippen LogP contribution is 1.91. The standard InChI is InChI=1S/C6H12N2O/c1-6(9-2)3-4-8-5-7/h6,8H,3-4H2,1-2H3. The summed E-state index contributed by atoms with van der Waals surface area (Å²) in [7, 11) is 1.66. The van der Waals surface area contributed by atoms with Crippen LogP contribution in [0.4, 0.5) is 0 Å². The maximum atomic E-state index is 8.05. The molecule has 0 rings (SSSR count). The first-order chi connectivity index (χ1) is 4.31. The van der Waals surface area contributed by atoms with Crippen LogP contribution in [0.5, 0.6) is 0 Å². The van der Waals surface area contributed by atoms with Crippen LogP contribution in [0.3, 0.4) is 0 Å². The molecule has 0 saturated carbocycles. The van der Waals surface area contributed by atoms with Gasteiger partial charge in [-0.25, -0.2) is 0 Å². The van der Waals surface area contributed by atoms with Crippen molar-refractivity contribution in [3.8, 4) is 6.19 Å². The molecule has 0 aromatic carbocycles. The molecule has 0 aliphatic rings. The lowest BCUT2D eigenvalue weighted by molar-refractivity contribution is 0.112. The molecular formula is C6H12N2O. The highest BCUT2D eigenvalue weighted by atomic mass is 16.5. The Hall–Kier alpha value is -0.750. The molecule has 52 valence electrons. The number of hydrogen-bond acceptors (Lipinski definition) is 3. The lowest BCUT2D eigenvalue weighted by Gasteiger charge is -2.06. The Morgan fingerprint density at radius 2 is 2.44 bits per heavy atom. The van der Waals surface area contributed by atoms with Gasteiger partial charge in [0.25, 0.3) is 0 Å². The van der Waals surface area contributed by atoms with Gasteiger partial charge in [0.2, 0.25) is 0 Å². The molecule has 1 unspecified atom stereocenters. The van der Waals surface area contributed by atoms with E-state index in [4.69, 9.17) is 10.00 Å². The van der Waals surface area contributed by atoms with E-state index >= 15 is 0 Å². The Morgan fingerprint density at radius 1 is 1.78 bits per heavy atom. The van der Waals surface area contributed by atoms with Crippen LogP contribution in [0.1, 0.15) is 13.3 Å². The Morgan fingerprint density at radius 3 is 2.89 bits per heavy atom. The third-order valence-corrected chi connectivity index (χ3v) is 1.16. The number of methoxy groups -OCH3 is 1. The SMILES string of the molecule is COC(C)CCNC#N. The number of ether oxygens (including phenoxy) is 1. The molecule has 0 aliphatic heterocycles. The van der Waals surface area contributed by atoms with E-state index in [9.17, 15) is 0 Å². The molecule has 0 amide bonds. The van der Waals surface area contributed by atoms with E-state index in [0.29, 0.717) is 6.54 Å². The van der Waals surface area contributed by atoms with Gasteiger partial charge in [-0.2, -0.15) is 5.26 Å². The molecule has 1 atom stereocenters. The van der Waals surface area contributed by atoms with Crippen molar-refractivity contribution >= 4 is 0 Å². The minimum absolute atomic E-state index is 0.242. The molecule has 9 heavy (non-hydrogen) atoms. The summed E-state index contributed by atoms with van der Waals surface area (Å²) in [6.45, 7) is 2.67. The fourth-order valence-corrected chi connectivity index (χ4v) is 0.449. The molecule has 0 radical (unpaired) electrons. The van der Waals surface area contributed by atoms with Gasteiger partial charge in [0.05, 0.1) is 6.10 Å². The first-order valence-electron chi connectivity index (χ1n) is 2.96. The Kier molecular flexibility index (Phi) is 4.94. The Labute approximate surface area is 55.6 Å². The number of nitrogens with one attached hydrogen (secondary N) is 1. The third kappa shape index (κ3) is 5.12. The van der Waals surface area contributed by atoms with E-state index in [1.807, 2.05) is 13.1 Å². The lowest BCUT2D eigenvalue weighted by atomic mass is 10.3. The van der Waals surface area contributed by atoms with E-state index in [2.05, 4.69) is 5.32 Å². The predicted molar refractivity (Wildman–Crippen MR) is 34.7 cm³/mol. The van der Waals surface area contributed by atoms with Crippen LogP contribution in [-0.2, 0) is 4.74 Å². The summed E-state index contributed by atoms with van der Waals surface area (Å²) >= 11 is 0. The second-order valence-corrected chi connectivity index (χ2v) is 1.87. The van der Waals surface area contributed by atoms with E-state index in [1.165, 1.54) is 0 Å². The van der Waals surface area contributed by atoms with Crippen molar-refractivity contribution in [3.63, 3.8) is 0 Å². The van der Waals surface area contributed by atoms with Gasteiger partial charge in [0, 0.05) is 13.7 Å². The lowest BCUT2D eigenvalue weighted by Crippen LogP contribution is -2.15. The van der Waals surface area contributed by atoms with Crippen molar-refractivity contribution in [1.29, 1.82) is 5.26 Å². The van der Waals surface area contributed by atoms with Crippen LogP contribution < -0.4 is 5.32 Å². The molecule has 0 spiro atoms. The van der Waals surface area contributed by atoms with Gasteiger partial charge in [-0.3, -0.25) is 0 Å². The normalized spacial score (nSPS) is 12.1. The average Bonchev–Trinajstić information content (AvgIpc) is 1.89. The number of hydrogen-bond donors (Lipinski definition) is 1. The molecule has 3 nitrogen and oxygen atoms in total. The van der Waals surface area contributed by atoms with E-state index in [1.54, 1.807) is 7.11 Å². The van der Waals surface area contributed by atoms with Crippen molar-refractivity contribution in [2.75, 3.05) is 13.7 Å². The minimum Gasteiger partial charge on any atom is -0.382 e. The largest absolute Gasteiger partial charge is 0.382 e. The van der Waals surface area contributed by atoms with Gasteiger partial charge in [-0.05, 0) is 13.3 Å². The fraction of sp³-hybridized carbons (Fsp3) is 0.833. The van der Waals surface area contributed by atoms with Crippen molar-refractivity contribution in [2.24, 2.45) is 0 Å². The van der Waals surface area contributed by atoms with Crippen molar-refractivity contribution in [3.05, 3.63) is 0 Å². The zero-order valence-corrected chi connectivity index (χ0v) is 5.85. The van der Waals surface area contributed by atoms with Crippen molar-refractivity contribution in [2.45, 2.75) is 19.4 Å². The summed E-state index contributed by atoms with van der Waals surface area (Å²) in [6, 6.07) is 0. The van der Waals surface area contributed by atoms with E-state index < -0.39 is 0 Å². The highest BCUT2D eigenvalue weighted by Gasteiger charge is 1.95. The van der Waals surface area contributed by atoms with Crippen molar-refractivity contribution in [1.82, 2.24) is 5.32 Å².